The molecular weight excluding hydrogens is 264 g/mol. The molecule has 1 aromatic rings. The van der Waals surface area contributed by atoms with Gasteiger partial charge in [0.2, 0.25) is 0 Å². The van der Waals surface area contributed by atoms with Crippen LogP contribution in [0.15, 0.2) is 18.2 Å². The lowest BCUT2D eigenvalue weighted by Crippen LogP contribution is -2.48. The molecule has 0 aromatic heterocycles. The van der Waals surface area contributed by atoms with Crippen molar-refractivity contribution in [2.45, 2.75) is 6.92 Å². The van der Waals surface area contributed by atoms with Crippen LogP contribution in [0.2, 0.25) is 0 Å². The minimum absolute atomic E-state index is 0.0380. The van der Waals surface area contributed by atoms with Crippen LogP contribution in [0, 0.1) is 15.5 Å². The maximum Gasteiger partial charge on any atom is 0.273 e. The predicted molar refractivity (Wildman–Crippen MR) is 70.9 cm³/mol. The summed E-state index contributed by atoms with van der Waals surface area (Å²) in [4.78, 5) is 22.2. The van der Waals surface area contributed by atoms with Crippen molar-refractivity contribution >= 4 is 11.6 Å². The Morgan fingerprint density at radius 2 is 2.25 bits per heavy atom. The second-order valence-electron chi connectivity index (χ2n) is 5.13. The van der Waals surface area contributed by atoms with Gasteiger partial charge in [-0.1, -0.05) is 6.92 Å². The lowest BCUT2D eigenvalue weighted by Gasteiger charge is -2.38. The van der Waals surface area contributed by atoms with Crippen LogP contribution in [-0.4, -0.2) is 37.7 Å². The Labute approximate surface area is 116 Å². The highest BCUT2D eigenvalue weighted by Gasteiger charge is 2.33. The van der Waals surface area contributed by atoms with Crippen molar-refractivity contribution in [2.75, 3.05) is 26.9 Å². The van der Waals surface area contributed by atoms with Gasteiger partial charge in [-0.15, -0.1) is 0 Å². The molecule has 0 atom stereocenters. The second kappa shape index (κ2) is 5.46. The number of carbonyl (C=O) groups is 1. The summed E-state index contributed by atoms with van der Waals surface area (Å²) < 4.78 is 10.2. The summed E-state index contributed by atoms with van der Waals surface area (Å²) in [6.07, 6.45) is 0. The van der Waals surface area contributed by atoms with Crippen LogP contribution in [-0.2, 0) is 4.74 Å². The molecule has 0 aliphatic carbocycles. The quantitative estimate of drug-likeness (QED) is 0.649. The molecule has 0 unspecified atom stereocenters. The fourth-order valence-electron chi connectivity index (χ4n) is 1.92. The summed E-state index contributed by atoms with van der Waals surface area (Å²) in [5.74, 6) is -0.128. The van der Waals surface area contributed by atoms with Crippen molar-refractivity contribution in [1.82, 2.24) is 5.32 Å². The number of hydrogen-bond donors (Lipinski definition) is 1. The molecule has 0 bridgehead atoms. The van der Waals surface area contributed by atoms with Crippen molar-refractivity contribution < 1.29 is 19.2 Å². The normalized spacial score (nSPS) is 16.1. The third-order valence-electron chi connectivity index (χ3n) is 3.22. The van der Waals surface area contributed by atoms with Crippen LogP contribution < -0.4 is 10.1 Å². The Balaban J connectivity index is 2.10. The van der Waals surface area contributed by atoms with Gasteiger partial charge in [-0.25, -0.2) is 0 Å². The van der Waals surface area contributed by atoms with Gasteiger partial charge >= 0.3 is 0 Å². The molecule has 0 saturated carbocycles. The zero-order valence-electron chi connectivity index (χ0n) is 11.3. The number of non-ortho nitro benzene ring substituents is 1. The van der Waals surface area contributed by atoms with E-state index in [9.17, 15) is 14.9 Å². The fourth-order valence-corrected chi connectivity index (χ4v) is 1.92. The zero-order chi connectivity index (χ0) is 14.8. The number of carbonyl (C=O) groups excluding carboxylic acids is 1. The van der Waals surface area contributed by atoms with Gasteiger partial charge in [-0.3, -0.25) is 14.9 Å². The van der Waals surface area contributed by atoms with E-state index in [4.69, 9.17) is 9.47 Å². The lowest BCUT2D eigenvalue weighted by molar-refractivity contribution is -0.384. The molecule has 20 heavy (non-hydrogen) atoms. The second-order valence-corrected chi connectivity index (χ2v) is 5.13. The first kappa shape index (κ1) is 14.3. The Bertz CT molecular complexity index is 540. The number of hydrogen-bond acceptors (Lipinski definition) is 5. The van der Waals surface area contributed by atoms with Crippen molar-refractivity contribution in [2.24, 2.45) is 5.41 Å². The average molecular weight is 280 g/mol. The van der Waals surface area contributed by atoms with Crippen molar-refractivity contribution in [3.63, 3.8) is 0 Å². The topological polar surface area (TPSA) is 90.7 Å². The summed E-state index contributed by atoms with van der Waals surface area (Å²) in [6.45, 7) is 3.74. The number of methoxy groups -OCH3 is 1. The Hall–Kier alpha value is -2.15. The summed E-state index contributed by atoms with van der Waals surface area (Å²) >= 11 is 0. The number of nitro groups is 1. The Kier molecular flexibility index (Phi) is 3.89. The fraction of sp³-hybridized carbons (Fsp3) is 0.462. The van der Waals surface area contributed by atoms with Gasteiger partial charge in [0.25, 0.3) is 11.6 Å². The number of nitrogens with one attached hydrogen (secondary N) is 1. The first-order valence-electron chi connectivity index (χ1n) is 6.13. The summed E-state index contributed by atoms with van der Waals surface area (Å²) in [5, 5.41) is 13.5. The van der Waals surface area contributed by atoms with Crippen molar-refractivity contribution in [3.8, 4) is 5.75 Å². The standard InChI is InChI=1S/C13H16N2O5/c1-13(7-20-8-13)6-14-12(16)10-4-3-9(15(17)18)5-11(10)19-2/h3-5H,6-8H2,1-2H3,(H,14,16). The lowest BCUT2D eigenvalue weighted by atomic mass is 9.88. The molecule has 1 aliphatic rings. The highest BCUT2D eigenvalue weighted by atomic mass is 16.6. The summed E-state index contributed by atoms with van der Waals surface area (Å²) in [6, 6.07) is 3.92. The first-order valence-corrected chi connectivity index (χ1v) is 6.13. The van der Waals surface area contributed by atoms with Crippen LogP contribution in [0.4, 0.5) is 5.69 Å². The van der Waals surface area contributed by atoms with E-state index in [1.165, 1.54) is 25.3 Å². The smallest absolute Gasteiger partial charge is 0.273 e. The average Bonchev–Trinajstić information content (AvgIpc) is 2.41. The van der Waals surface area contributed by atoms with E-state index in [1.54, 1.807) is 0 Å². The van der Waals surface area contributed by atoms with E-state index in [0.717, 1.165) is 0 Å². The molecular formula is C13H16N2O5. The molecule has 0 radical (unpaired) electrons. The molecule has 1 amide bonds. The first-order chi connectivity index (χ1) is 9.45. The van der Waals surface area contributed by atoms with Crippen LogP contribution in [0.25, 0.3) is 0 Å². The molecule has 2 rings (SSSR count). The van der Waals surface area contributed by atoms with Crippen LogP contribution in [0.1, 0.15) is 17.3 Å². The van der Waals surface area contributed by atoms with E-state index in [1.807, 2.05) is 6.92 Å². The number of benzene rings is 1. The van der Waals surface area contributed by atoms with Gasteiger partial charge in [0.15, 0.2) is 0 Å². The van der Waals surface area contributed by atoms with Gasteiger partial charge in [0.1, 0.15) is 5.75 Å². The third kappa shape index (κ3) is 2.88. The third-order valence-corrected chi connectivity index (χ3v) is 3.22. The van der Waals surface area contributed by atoms with E-state index < -0.39 is 4.92 Å². The van der Waals surface area contributed by atoms with Gasteiger partial charge in [0, 0.05) is 18.0 Å². The molecule has 1 fully saturated rings. The van der Waals surface area contributed by atoms with Crippen LogP contribution in [0.5, 0.6) is 5.75 Å². The van der Waals surface area contributed by atoms with E-state index >= 15 is 0 Å². The zero-order valence-corrected chi connectivity index (χ0v) is 11.3. The molecule has 1 aliphatic heterocycles. The Morgan fingerprint density at radius 3 is 2.75 bits per heavy atom. The van der Waals surface area contributed by atoms with E-state index in [0.29, 0.717) is 19.8 Å². The maximum absolute atomic E-state index is 12.1. The maximum atomic E-state index is 12.1. The molecule has 7 heteroatoms. The van der Waals surface area contributed by atoms with E-state index in [2.05, 4.69) is 5.32 Å². The van der Waals surface area contributed by atoms with E-state index in [-0.39, 0.29) is 28.3 Å². The molecule has 108 valence electrons. The molecule has 1 saturated heterocycles. The SMILES string of the molecule is COc1cc([N+](=O)[O-])ccc1C(=O)NCC1(C)COC1. The van der Waals surface area contributed by atoms with Crippen LogP contribution >= 0.6 is 0 Å². The minimum Gasteiger partial charge on any atom is -0.496 e. The number of nitrogens with zero attached hydrogens (tertiary/aromatic N) is 1. The highest BCUT2D eigenvalue weighted by molar-refractivity contribution is 5.97. The van der Waals surface area contributed by atoms with Crippen molar-refractivity contribution in [1.29, 1.82) is 0 Å². The van der Waals surface area contributed by atoms with Gasteiger partial charge in [0.05, 0.1) is 36.9 Å². The minimum atomic E-state index is -0.531. The number of amides is 1. The molecule has 1 N–H and O–H groups in total. The summed E-state index contributed by atoms with van der Waals surface area (Å²) in [5.41, 5.74) is 0.128. The Morgan fingerprint density at radius 1 is 1.55 bits per heavy atom. The highest BCUT2D eigenvalue weighted by Crippen LogP contribution is 2.27. The molecule has 0 spiro atoms. The molecule has 1 heterocycles. The van der Waals surface area contributed by atoms with Crippen molar-refractivity contribution in [3.05, 3.63) is 33.9 Å². The molecule has 1 aromatic carbocycles. The summed E-state index contributed by atoms with van der Waals surface area (Å²) in [7, 11) is 1.37. The number of rotatable bonds is 5. The molecule has 7 nitrogen and oxygen atoms in total. The monoisotopic (exact) mass is 280 g/mol. The largest absolute Gasteiger partial charge is 0.496 e. The van der Waals surface area contributed by atoms with Gasteiger partial charge < -0.3 is 14.8 Å². The predicted octanol–water partition coefficient (Wildman–Crippen LogP) is 1.37. The van der Waals surface area contributed by atoms with Gasteiger partial charge in [-0.05, 0) is 6.07 Å². The van der Waals surface area contributed by atoms with Crippen LogP contribution in [0.3, 0.4) is 0 Å². The number of nitro benzene ring substituents is 1. The number of ether oxygens (including phenoxy) is 2. The van der Waals surface area contributed by atoms with Gasteiger partial charge in [-0.2, -0.15) is 0 Å².